The van der Waals surface area contributed by atoms with Crippen LogP contribution in [0.4, 0.5) is 0 Å². The highest BCUT2D eigenvalue weighted by Gasteiger charge is 2.23. The van der Waals surface area contributed by atoms with Gasteiger partial charge in [-0.25, -0.2) is 0 Å². The van der Waals surface area contributed by atoms with Crippen LogP contribution < -0.4 is 0 Å². The van der Waals surface area contributed by atoms with Gasteiger partial charge in [0.2, 0.25) is 0 Å². The first-order valence-electron chi connectivity index (χ1n) is 13.9. The Balaban J connectivity index is 1.44. The van der Waals surface area contributed by atoms with Crippen molar-refractivity contribution in [1.29, 1.82) is 0 Å². The van der Waals surface area contributed by atoms with Crippen molar-refractivity contribution in [2.45, 2.75) is 12.8 Å². The van der Waals surface area contributed by atoms with Crippen LogP contribution in [-0.2, 0) is 6.42 Å². The minimum atomic E-state index is 0.915. The molecular formula is C38H24O2. The lowest BCUT2D eigenvalue weighted by molar-refractivity contribution is 0.596. The molecule has 2 aromatic heterocycles. The van der Waals surface area contributed by atoms with Crippen LogP contribution >= 0.6 is 0 Å². The summed E-state index contributed by atoms with van der Waals surface area (Å²) in [6.45, 7) is 0. The quantitative estimate of drug-likeness (QED) is 0.215. The second-order valence-electron chi connectivity index (χ2n) is 10.7. The zero-order chi connectivity index (χ0) is 26.2. The fourth-order valence-corrected chi connectivity index (χ4v) is 6.85. The van der Waals surface area contributed by atoms with Crippen molar-refractivity contribution in [3.63, 3.8) is 0 Å². The SMILES string of the molecule is C1=Cc2oc3c(-c4c5ccccc5c(-c5cccc6c5oc5ccccc56)c5ccccc45)cccc3c2CC1. The lowest BCUT2D eigenvalue weighted by atomic mass is 9.85. The maximum absolute atomic E-state index is 6.58. The lowest BCUT2D eigenvalue weighted by Gasteiger charge is -2.18. The van der Waals surface area contributed by atoms with E-state index in [1.54, 1.807) is 0 Å². The number of para-hydroxylation sites is 3. The largest absolute Gasteiger partial charge is 0.456 e. The zero-order valence-electron chi connectivity index (χ0n) is 21.8. The van der Waals surface area contributed by atoms with Gasteiger partial charge in [0.15, 0.2) is 0 Å². The van der Waals surface area contributed by atoms with Crippen LogP contribution in [0.1, 0.15) is 17.7 Å². The molecule has 0 bridgehead atoms. The predicted octanol–water partition coefficient (Wildman–Crippen LogP) is 10.9. The monoisotopic (exact) mass is 512 g/mol. The van der Waals surface area contributed by atoms with Gasteiger partial charge in [0.25, 0.3) is 0 Å². The van der Waals surface area contributed by atoms with Crippen LogP contribution in [0.3, 0.4) is 0 Å². The molecule has 1 aliphatic carbocycles. The molecule has 0 saturated carbocycles. The number of fused-ring (bicyclic) bond motifs is 8. The van der Waals surface area contributed by atoms with Gasteiger partial charge < -0.3 is 8.83 Å². The van der Waals surface area contributed by atoms with E-state index in [4.69, 9.17) is 8.83 Å². The smallest absolute Gasteiger partial charge is 0.143 e. The van der Waals surface area contributed by atoms with Crippen molar-refractivity contribution in [2.24, 2.45) is 0 Å². The lowest BCUT2D eigenvalue weighted by Crippen LogP contribution is -1.91. The molecule has 0 atom stereocenters. The number of hydrogen-bond acceptors (Lipinski definition) is 2. The molecule has 0 spiro atoms. The van der Waals surface area contributed by atoms with Crippen molar-refractivity contribution in [1.82, 2.24) is 0 Å². The topological polar surface area (TPSA) is 26.3 Å². The van der Waals surface area contributed by atoms with Crippen LogP contribution in [0, 0.1) is 0 Å². The second-order valence-corrected chi connectivity index (χ2v) is 10.7. The molecule has 2 heteroatoms. The molecule has 0 aliphatic heterocycles. The van der Waals surface area contributed by atoms with Gasteiger partial charge in [0.1, 0.15) is 22.5 Å². The molecule has 0 amide bonds. The van der Waals surface area contributed by atoms with Gasteiger partial charge in [-0.15, -0.1) is 0 Å². The van der Waals surface area contributed by atoms with Crippen LogP contribution in [0.15, 0.2) is 124 Å². The summed E-state index contributed by atoms with van der Waals surface area (Å²) in [7, 11) is 0. The fourth-order valence-electron chi connectivity index (χ4n) is 6.85. The van der Waals surface area contributed by atoms with Crippen molar-refractivity contribution in [3.8, 4) is 22.3 Å². The van der Waals surface area contributed by atoms with Gasteiger partial charge in [0, 0.05) is 44.0 Å². The van der Waals surface area contributed by atoms with E-state index in [0.717, 1.165) is 57.3 Å². The first-order valence-corrected chi connectivity index (χ1v) is 13.9. The van der Waals surface area contributed by atoms with Gasteiger partial charge in [-0.1, -0.05) is 109 Å². The third kappa shape index (κ3) is 2.93. The van der Waals surface area contributed by atoms with Gasteiger partial charge >= 0.3 is 0 Å². The third-order valence-electron chi connectivity index (χ3n) is 8.55. The van der Waals surface area contributed by atoms with Crippen molar-refractivity contribution in [2.75, 3.05) is 0 Å². The minimum Gasteiger partial charge on any atom is -0.456 e. The Labute approximate surface area is 230 Å². The van der Waals surface area contributed by atoms with Crippen LogP contribution in [-0.4, -0.2) is 0 Å². The minimum absolute atomic E-state index is 0.915. The molecule has 0 radical (unpaired) electrons. The summed E-state index contributed by atoms with van der Waals surface area (Å²) in [6.07, 6.45) is 6.42. The molecule has 40 heavy (non-hydrogen) atoms. The highest BCUT2D eigenvalue weighted by atomic mass is 16.3. The summed E-state index contributed by atoms with van der Waals surface area (Å²) in [5.74, 6) is 0.996. The Morgan fingerprint density at radius 3 is 1.62 bits per heavy atom. The molecule has 6 aromatic carbocycles. The highest BCUT2D eigenvalue weighted by Crippen LogP contribution is 2.48. The van der Waals surface area contributed by atoms with E-state index in [-0.39, 0.29) is 0 Å². The van der Waals surface area contributed by atoms with Crippen molar-refractivity contribution < 1.29 is 8.83 Å². The summed E-state index contributed by atoms with van der Waals surface area (Å²) >= 11 is 0. The van der Waals surface area contributed by atoms with E-state index in [1.165, 1.54) is 43.6 Å². The van der Waals surface area contributed by atoms with Crippen LogP contribution in [0.2, 0.25) is 0 Å². The Bertz CT molecular complexity index is 2270. The molecule has 188 valence electrons. The molecule has 0 N–H and O–H groups in total. The Hall–Kier alpha value is -5.08. The van der Waals surface area contributed by atoms with E-state index in [0.29, 0.717) is 0 Å². The number of benzene rings is 6. The van der Waals surface area contributed by atoms with E-state index < -0.39 is 0 Å². The number of hydrogen-bond donors (Lipinski definition) is 0. The standard InChI is InChI=1S/C38H24O2/c1-2-14-26-25(13-1)35(31-19-9-17-29-23-11-5-7-21-33(23)39-37(29)31)27-15-3-4-16-28(27)36(26)32-20-10-18-30-24-12-6-8-22-34(24)40-38(30)32/h1-5,7-11,13-22H,6,12H2. The highest BCUT2D eigenvalue weighted by molar-refractivity contribution is 6.25. The molecule has 2 nitrogen and oxygen atoms in total. The first kappa shape index (κ1) is 21.8. The zero-order valence-corrected chi connectivity index (χ0v) is 21.8. The number of aryl methyl sites for hydroxylation is 1. The average molecular weight is 513 g/mol. The van der Waals surface area contributed by atoms with E-state index in [9.17, 15) is 0 Å². The fraction of sp³-hybridized carbons (Fsp3) is 0.0526. The summed E-state index contributed by atoms with van der Waals surface area (Å²) in [5, 5.41) is 8.34. The molecule has 0 saturated heterocycles. The average Bonchev–Trinajstić information content (AvgIpc) is 3.59. The van der Waals surface area contributed by atoms with E-state index in [2.05, 4.69) is 115 Å². The van der Waals surface area contributed by atoms with Crippen molar-refractivity contribution >= 4 is 60.5 Å². The van der Waals surface area contributed by atoms with E-state index in [1.807, 2.05) is 6.07 Å². The molecular weight excluding hydrogens is 488 g/mol. The molecule has 0 unspecified atom stereocenters. The predicted molar refractivity (Wildman–Crippen MR) is 167 cm³/mol. The van der Waals surface area contributed by atoms with Gasteiger partial charge in [-0.2, -0.15) is 0 Å². The summed E-state index contributed by atoms with van der Waals surface area (Å²) in [6, 6.07) is 39.0. The van der Waals surface area contributed by atoms with Crippen molar-refractivity contribution in [3.05, 3.63) is 127 Å². The first-order chi connectivity index (χ1) is 19.9. The molecule has 1 aliphatic rings. The molecule has 9 rings (SSSR count). The molecule has 8 aromatic rings. The molecule has 0 fully saturated rings. The second kappa shape index (κ2) is 8.21. The van der Waals surface area contributed by atoms with Crippen LogP contribution in [0.5, 0.6) is 0 Å². The van der Waals surface area contributed by atoms with Crippen LogP contribution in [0.25, 0.3) is 82.8 Å². The number of allylic oxidation sites excluding steroid dienone is 1. The Morgan fingerprint density at radius 1 is 0.450 bits per heavy atom. The van der Waals surface area contributed by atoms with Gasteiger partial charge in [-0.3, -0.25) is 0 Å². The Kier molecular flexibility index (Phi) is 4.48. The van der Waals surface area contributed by atoms with E-state index >= 15 is 0 Å². The summed E-state index contributed by atoms with van der Waals surface area (Å²) in [4.78, 5) is 0. The maximum Gasteiger partial charge on any atom is 0.143 e. The maximum atomic E-state index is 6.58. The third-order valence-corrected chi connectivity index (χ3v) is 8.55. The summed E-state index contributed by atoms with van der Waals surface area (Å²) < 4.78 is 13.1. The molecule has 2 heterocycles. The number of furan rings is 2. The normalized spacial score (nSPS) is 13.2. The Morgan fingerprint density at radius 2 is 0.975 bits per heavy atom. The van der Waals surface area contributed by atoms with Gasteiger partial charge in [-0.05, 0) is 46.5 Å². The summed E-state index contributed by atoms with van der Waals surface area (Å²) in [5.41, 5.74) is 8.81. The van der Waals surface area contributed by atoms with Gasteiger partial charge in [0.05, 0.1) is 0 Å². The number of rotatable bonds is 2.